The number of carbonyl (C=O) groups excluding carboxylic acids is 1. The van der Waals surface area contributed by atoms with Gasteiger partial charge < -0.3 is 14.6 Å². The highest BCUT2D eigenvalue weighted by Crippen LogP contribution is 2.44. The Hall–Kier alpha value is -2.11. The number of likely N-dealkylation sites (tertiary alicyclic amines) is 1. The molecule has 1 saturated heterocycles. The molecular weight excluding hydrogens is 428 g/mol. The maximum Gasteiger partial charge on any atom is 0.270 e. The van der Waals surface area contributed by atoms with Crippen molar-refractivity contribution in [2.45, 2.75) is 45.8 Å². The standard InChI is InChI=1S/C22H21BrN2O2.C2H6/c1-14-19-17(23)7-4-8-18(19)24-20(14)21(26)25-11-9-22(10-12-25)16-6-3-2-5-15(16)13-27-22;1-2/h2-8,24H,9-13H2,1H3;1-2H3. The zero-order valence-electron chi connectivity index (χ0n) is 17.2. The van der Waals surface area contributed by atoms with E-state index in [0.29, 0.717) is 25.4 Å². The van der Waals surface area contributed by atoms with Gasteiger partial charge in [0.05, 0.1) is 12.2 Å². The number of piperidine rings is 1. The van der Waals surface area contributed by atoms with Crippen LogP contribution in [0.5, 0.6) is 0 Å². The van der Waals surface area contributed by atoms with Crippen molar-refractivity contribution in [3.05, 3.63) is 69.3 Å². The molecule has 2 aromatic carbocycles. The number of halogens is 1. The summed E-state index contributed by atoms with van der Waals surface area (Å²) in [5.74, 6) is 0.0803. The van der Waals surface area contributed by atoms with Crippen molar-refractivity contribution in [1.29, 1.82) is 0 Å². The molecule has 0 atom stereocenters. The Bertz CT molecular complexity index is 1050. The molecule has 29 heavy (non-hydrogen) atoms. The van der Waals surface area contributed by atoms with Gasteiger partial charge in [0.2, 0.25) is 0 Å². The van der Waals surface area contributed by atoms with Gasteiger partial charge in [-0.3, -0.25) is 4.79 Å². The number of nitrogens with one attached hydrogen (secondary N) is 1. The Morgan fingerprint density at radius 2 is 1.83 bits per heavy atom. The number of benzene rings is 2. The topological polar surface area (TPSA) is 45.3 Å². The molecule has 2 aliphatic rings. The average molecular weight is 455 g/mol. The molecule has 0 radical (unpaired) electrons. The molecule has 3 aromatic rings. The zero-order chi connectivity index (χ0) is 20.6. The Balaban J connectivity index is 0.000000994. The molecular formula is C24H27BrN2O2. The minimum atomic E-state index is -0.216. The Labute approximate surface area is 180 Å². The number of rotatable bonds is 1. The monoisotopic (exact) mass is 454 g/mol. The molecule has 152 valence electrons. The number of nitrogens with zero attached hydrogens (tertiary/aromatic N) is 1. The Kier molecular flexibility index (Phi) is 5.54. The van der Waals surface area contributed by atoms with Crippen molar-refractivity contribution in [1.82, 2.24) is 9.88 Å². The quantitative estimate of drug-likeness (QED) is 0.495. The number of aromatic nitrogens is 1. The van der Waals surface area contributed by atoms with E-state index in [1.54, 1.807) is 0 Å². The number of amides is 1. The van der Waals surface area contributed by atoms with E-state index in [2.05, 4.69) is 45.2 Å². The molecule has 1 spiro atoms. The Morgan fingerprint density at radius 3 is 2.55 bits per heavy atom. The van der Waals surface area contributed by atoms with Crippen LogP contribution in [0.1, 0.15) is 53.9 Å². The molecule has 4 nitrogen and oxygen atoms in total. The van der Waals surface area contributed by atoms with Crippen LogP contribution in [0.4, 0.5) is 0 Å². The van der Waals surface area contributed by atoms with Crippen LogP contribution in [0.25, 0.3) is 10.9 Å². The molecule has 0 unspecified atom stereocenters. The molecule has 0 bridgehead atoms. The zero-order valence-corrected chi connectivity index (χ0v) is 18.8. The molecule has 0 saturated carbocycles. The summed E-state index contributed by atoms with van der Waals surface area (Å²) >= 11 is 3.60. The van der Waals surface area contributed by atoms with Crippen molar-refractivity contribution >= 4 is 32.7 Å². The number of fused-ring (bicyclic) bond motifs is 3. The average Bonchev–Trinajstić information content (AvgIpc) is 3.29. The normalized spacial score (nSPS) is 17.2. The fourth-order valence-electron chi connectivity index (χ4n) is 4.60. The number of H-pyrrole nitrogens is 1. The van der Waals surface area contributed by atoms with E-state index in [0.717, 1.165) is 33.8 Å². The van der Waals surface area contributed by atoms with Crippen LogP contribution in [-0.2, 0) is 16.9 Å². The summed E-state index contributed by atoms with van der Waals surface area (Å²) < 4.78 is 7.24. The highest BCUT2D eigenvalue weighted by molar-refractivity contribution is 9.10. The van der Waals surface area contributed by atoms with E-state index >= 15 is 0 Å². The molecule has 2 aliphatic heterocycles. The second-order valence-corrected chi connectivity index (χ2v) is 8.37. The predicted molar refractivity (Wildman–Crippen MR) is 120 cm³/mol. The van der Waals surface area contributed by atoms with Gasteiger partial charge in [0.15, 0.2) is 0 Å². The largest absolute Gasteiger partial charge is 0.365 e. The third-order valence-electron chi connectivity index (χ3n) is 6.11. The molecule has 5 heteroatoms. The highest BCUT2D eigenvalue weighted by atomic mass is 79.9. The van der Waals surface area contributed by atoms with Gasteiger partial charge in [-0.05, 0) is 48.6 Å². The van der Waals surface area contributed by atoms with Gasteiger partial charge >= 0.3 is 0 Å². The molecule has 5 rings (SSSR count). The molecule has 1 fully saturated rings. The summed E-state index contributed by atoms with van der Waals surface area (Å²) in [6.07, 6.45) is 1.69. The first-order valence-corrected chi connectivity index (χ1v) is 11.2. The molecule has 1 aromatic heterocycles. The molecule has 0 aliphatic carbocycles. The summed E-state index contributed by atoms with van der Waals surface area (Å²) in [6.45, 7) is 8.12. The highest BCUT2D eigenvalue weighted by Gasteiger charge is 2.43. The number of aryl methyl sites for hydroxylation is 1. The van der Waals surface area contributed by atoms with Crippen LogP contribution in [0.15, 0.2) is 46.9 Å². The SMILES string of the molecule is CC.Cc1c(C(=O)N2CCC3(CC2)OCc2ccccc23)[nH]c2cccc(Br)c12. The van der Waals surface area contributed by atoms with E-state index in [1.165, 1.54) is 11.1 Å². The van der Waals surface area contributed by atoms with Crippen LogP contribution in [0.3, 0.4) is 0 Å². The van der Waals surface area contributed by atoms with Gasteiger partial charge in [-0.2, -0.15) is 0 Å². The lowest BCUT2D eigenvalue weighted by atomic mass is 9.83. The van der Waals surface area contributed by atoms with Crippen LogP contribution >= 0.6 is 15.9 Å². The van der Waals surface area contributed by atoms with E-state index < -0.39 is 0 Å². The van der Waals surface area contributed by atoms with Gasteiger partial charge in [-0.1, -0.05) is 60.1 Å². The van der Waals surface area contributed by atoms with Crippen LogP contribution in [0.2, 0.25) is 0 Å². The smallest absolute Gasteiger partial charge is 0.270 e. The van der Waals surface area contributed by atoms with Gasteiger partial charge in [-0.25, -0.2) is 0 Å². The lowest BCUT2D eigenvalue weighted by molar-refractivity contribution is -0.0742. The maximum atomic E-state index is 13.2. The third kappa shape index (κ3) is 3.30. The molecule has 1 amide bonds. The first-order chi connectivity index (χ1) is 14.1. The third-order valence-corrected chi connectivity index (χ3v) is 6.77. The van der Waals surface area contributed by atoms with Crippen molar-refractivity contribution < 1.29 is 9.53 Å². The number of aromatic amines is 1. The summed E-state index contributed by atoms with van der Waals surface area (Å²) in [7, 11) is 0. The lowest BCUT2D eigenvalue weighted by Gasteiger charge is -2.39. The number of carbonyl (C=O) groups is 1. The van der Waals surface area contributed by atoms with Crippen molar-refractivity contribution in [2.75, 3.05) is 13.1 Å². The van der Waals surface area contributed by atoms with Gasteiger partial charge in [0.25, 0.3) is 5.91 Å². The fraction of sp³-hybridized carbons (Fsp3) is 0.375. The summed E-state index contributed by atoms with van der Waals surface area (Å²) in [5.41, 5.74) is 5.07. The Morgan fingerprint density at radius 1 is 1.10 bits per heavy atom. The first-order valence-electron chi connectivity index (χ1n) is 10.4. The second-order valence-electron chi connectivity index (χ2n) is 7.52. The summed E-state index contributed by atoms with van der Waals surface area (Å²) in [4.78, 5) is 18.5. The lowest BCUT2D eigenvalue weighted by Crippen LogP contribution is -2.45. The minimum absolute atomic E-state index is 0.0803. The van der Waals surface area contributed by atoms with Crippen LogP contribution < -0.4 is 0 Å². The summed E-state index contributed by atoms with van der Waals surface area (Å²) in [5, 5.41) is 1.09. The van der Waals surface area contributed by atoms with Crippen molar-refractivity contribution in [2.24, 2.45) is 0 Å². The van der Waals surface area contributed by atoms with Crippen LogP contribution in [-0.4, -0.2) is 28.9 Å². The fourth-order valence-corrected chi connectivity index (χ4v) is 5.27. The number of ether oxygens (including phenoxy) is 1. The van der Waals surface area contributed by atoms with E-state index in [9.17, 15) is 4.79 Å². The van der Waals surface area contributed by atoms with E-state index in [1.807, 2.05) is 43.9 Å². The van der Waals surface area contributed by atoms with Crippen molar-refractivity contribution in [3.8, 4) is 0 Å². The summed E-state index contributed by atoms with van der Waals surface area (Å²) in [6, 6.07) is 14.5. The second kappa shape index (κ2) is 7.96. The van der Waals surface area contributed by atoms with Gasteiger partial charge in [0, 0.05) is 28.5 Å². The predicted octanol–water partition coefficient (Wildman–Crippen LogP) is 5.93. The molecule has 3 heterocycles. The van der Waals surface area contributed by atoms with E-state index in [4.69, 9.17) is 4.74 Å². The van der Waals surface area contributed by atoms with Crippen molar-refractivity contribution in [3.63, 3.8) is 0 Å². The van der Waals surface area contributed by atoms with E-state index in [-0.39, 0.29) is 11.5 Å². The van der Waals surface area contributed by atoms with Gasteiger partial charge in [-0.15, -0.1) is 0 Å². The van der Waals surface area contributed by atoms with Crippen LogP contribution in [0, 0.1) is 6.92 Å². The maximum absolute atomic E-state index is 13.2. The van der Waals surface area contributed by atoms with Gasteiger partial charge in [0.1, 0.15) is 5.69 Å². The molecule has 1 N–H and O–H groups in total. The number of hydrogen-bond acceptors (Lipinski definition) is 2. The number of hydrogen-bond donors (Lipinski definition) is 1. The minimum Gasteiger partial charge on any atom is -0.365 e. The first kappa shape index (κ1) is 20.2.